The van der Waals surface area contributed by atoms with Crippen molar-refractivity contribution >= 4 is 16.9 Å². The van der Waals surface area contributed by atoms with Crippen molar-refractivity contribution in [2.75, 3.05) is 19.6 Å². The molecule has 3 aromatic rings. The highest BCUT2D eigenvalue weighted by Gasteiger charge is 2.30. The van der Waals surface area contributed by atoms with Crippen LogP contribution < -0.4 is 5.73 Å². The van der Waals surface area contributed by atoms with E-state index in [0.717, 1.165) is 23.1 Å². The second-order valence-electron chi connectivity index (χ2n) is 6.90. The van der Waals surface area contributed by atoms with E-state index in [1.54, 1.807) is 18.3 Å². The summed E-state index contributed by atoms with van der Waals surface area (Å²) in [5, 5.41) is 5.76. The lowest BCUT2D eigenvalue weighted by atomic mass is 10.0. The largest absolute Gasteiger partial charge is 0.342 e. The first-order chi connectivity index (χ1) is 13.2. The van der Waals surface area contributed by atoms with Crippen molar-refractivity contribution in [2.45, 2.75) is 25.3 Å². The van der Waals surface area contributed by atoms with Crippen LogP contribution in [0.25, 0.3) is 11.0 Å². The molecule has 4 rings (SSSR count). The number of amides is 1. The van der Waals surface area contributed by atoms with Crippen molar-refractivity contribution in [3.05, 3.63) is 59.7 Å². The first kappa shape index (κ1) is 17.6. The number of fused-ring (bicyclic) bond motifs is 1. The smallest absolute Gasteiger partial charge is 0.227 e. The number of hydrogen-bond donors (Lipinski definition) is 1. The number of halogens is 1. The third kappa shape index (κ3) is 3.55. The average molecular weight is 367 g/mol. The maximum absolute atomic E-state index is 13.3. The molecular formula is C20H22FN5O. The molecule has 7 heteroatoms. The van der Waals surface area contributed by atoms with E-state index < -0.39 is 0 Å². The van der Waals surface area contributed by atoms with Gasteiger partial charge >= 0.3 is 0 Å². The van der Waals surface area contributed by atoms with Crippen molar-refractivity contribution in [1.29, 1.82) is 0 Å². The molecule has 1 amide bonds. The number of carbonyl (C=O) groups excluding carboxylic acids is 1. The molecule has 0 bridgehead atoms. The zero-order valence-electron chi connectivity index (χ0n) is 15.0. The summed E-state index contributed by atoms with van der Waals surface area (Å²) in [5.74, 6) is -0.122. The van der Waals surface area contributed by atoms with Crippen molar-refractivity contribution < 1.29 is 9.18 Å². The summed E-state index contributed by atoms with van der Waals surface area (Å²) in [7, 11) is 0. The van der Waals surface area contributed by atoms with E-state index in [9.17, 15) is 9.18 Å². The molecule has 2 aromatic heterocycles. The summed E-state index contributed by atoms with van der Waals surface area (Å²) in [6, 6.07) is 10.1. The number of aromatic nitrogens is 3. The molecule has 6 nitrogen and oxygen atoms in total. The van der Waals surface area contributed by atoms with E-state index in [0.29, 0.717) is 31.7 Å². The molecule has 1 fully saturated rings. The van der Waals surface area contributed by atoms with Crippen LogP contribution in [0.5, 0.6) is 0 Å². The van der Waals surface area contributed by atoms with E-state index >= 15 is 0 Å². The third-order valence-electron chi connectivity index (χ3n) is 5.05. The zero-order valence-corrected chi connectivity index (χ0v) is 15.0. The van der Waals surface area contributed by atoms with Crippen LogP contribution in [-0.2, 0) is 17.8 Å². The number of nitrogens with two attached hydrogens (primary N) is 1. The Kier molecular flexibility index (Phi) is 4.85. The number of rotatable bonds is 5. The summed E-state index contributed by atoms with van der Waals surface area (Å²) >= 11 is 0. The maximum atomic E-state index is 13.3. The highest BCUT2D eigenvalue weighted by Crippen LogP contribution is 2.31. The predicted octanol–water partition coefficient (Wildman–Crippen LogP) is 2.09. The second kappa shape index (κ2) is 7.44. The minimum atomic E-state index is -0.316. The number of benzene rings is 1. The maximum Gasteiger partial charge on any atom is 0.227 e. The first-order valence-corrected chi connectivity index (χ1v) is 9.19. The highest BCUT2D eigenvalue weighted by molar-refractivity contribution is 5.81. The van der Waals surface area contributed by atoms with Gasteiger partial charge in [0.25, 0.3) is 0 Å². The molecule has 1 aliphatic heterocycles. The van der Waals surface area contributed by atoms with E-state index in [1.807, 2.05) is 21.7 Å². The van der Waals surface area contributed by atoms with Gasteiger partial charge in [-0.05, 0) is 36.2 Å². The fourth-order valence-electron chi connectivity index (χ4n) is 3.76. The number of nitrogens with zero attached hydrogens (tertiary/aromatic N) is 4. The van der Waals surface area contributed by atoms with Crippen LogP contribution >= 0.6 is 0 Å². The van der Waals surface area contributed by atoms with Crippen LogP contribution in [-0.4, -0.2) is 45.2 Å². The molecule has 27 heavy (non-hydrogen) atoms. The molecule has 0 unspecified atom stereocenters. The van der Waals surface area contributed by atoms with Gasteiger partial charge in [-0.15, -0.1) is 0 Å². The fraction of sp³-hybridized carbons (Fsp3) is 0.350. The Hall–Kier alpha value is -2.80. The summed E-state index contributed by atoms with van der Waals surface area (Å²) in [6.45, 7) is 2.42. The standard InChI is InChI=1S/C20H22FN5O/c21-16-4-1-3-14(11-16)12-18(27)25-9-6-15(13-25)19-17-5-2-8-23-20(17)26(24-19)10-7-22/h1-5,8,11,15H,6-7,9-10,12-13,22H2/t15-/m0/s1. The predicted molar refractivity (Wildman–Crippen MR) is 101 cm³/mol. The first-order valence-electron chi connectivity index (χ1n) is 9.19. The average Bonchev–Trinajstić information content (AvgIpc) is 3.28. The molecule has 140 valence electrons. The topological polar surface area (TPSA) is 77.0 Å². The zero-order chi connectivity index (χ0) is 18.8. The van der Waals surface area contributed by atoms with Crippen LogP contribution in [0.4, 0.5) is 4.39 Å². The Morgan fingerprint density at radius 2 is 2.19 bits per heavy atom. The molecule has 1 atom stereocenters. The Morgan fingerprint density at radius 3 is 3.00 bits per heavy atom. The second-order valence-corrected chi connectivity index (χ2v) is 6.90. The van der Waals surface area contributed by atoms with E-state index in [1.165, 1.54) is 12.1 Å². The van der Waals surface area contributed by atoms with E-state index in [2.05, 4.69) is 4.98 Å². The van der Waals surface area contributed by atoms with Crippen LogP contribution in [0.15, 0.2) is 42.6 Å². The van der Waals surface area contributed by atoms with Crippen molar-refractivity contribution in [1.82, 2.24) is 19.7 Å². The van der Waals surface area contributed by atoms with E-state index in [4.69, 9.17) is 10.8 Å². The van der Waals surface area contributed by atoms with Gasteiger partial charge in [0, 0.05) is 37.1 Å². The van der Waals surface area contributed by atoms with Gasteiger partial charge in [0.1, 0.15) is 5.82 Å². The molecule has 0 spiro atoms. The van der Waals surface area contributed by atoms with Crippen LogP contribution in [0.2, 0.25) is 0 Å². The molecule has 2 N–H and O–H groups in total. The van der Waals surface area contributed by atoms with Crippen molar-refractivity contribution in [3.63, 3.8) is 0 Å². The molecule has 3 heterocycles. The molecule has 1 saturated heterocycles. The minimum Gasteiger partial charge on any atom is -0.342 e. The lowest BCUT2D eigenvalue weighted by Crippen LogP contribution is -2.30. The van der Waals surface area contributed by atoms with Gasteiger partial charge in [-0.2, -0.15) is 5.10 Å². The minimum absolute atomic E-state index is 0.0203. The Balaban J connectivity index is 1.51. The summed E-state index contributed by atoms with van der Waals surface area (Å²) in [6.07, 6.45) is 2.83. The lowest BCUT2D eigenvalue weighted by Gasteiger charge is -2.16. The quantitative estimate of drug-likeness (QED) is 0.749. The summed E-state index contributed by atoms with van der Waals surface area (Å²) in [4.78, 5) is 18.9. The molecule has 0 aliphatic carbocycles. The van der Waals surface area contributed by atoms with Gasteiger partial charge in [0.2, 0.25) is 5.91 Å². The van der Waals surface area contributed by atoms with Gasteiger partial charge in [0.15, 0.2) is 5.65 Å². The SMILES string of the molecule is NCCn1nc([C@H]2CCN(C(=O)Cc3cccc(F)c3)C2)c2cccnc21. The van der Waals surface area contributed by atoms with Crippen LogP contribution in [0.3, 0.4) is 0 Å². The van der Waals surface area contributed by atoms with Crippen LogP contribution in [0, 0.1) is 5.82 Å². The summed E-state index contributed by atoms with van der Waals surface area (Å²) in [5.41, 5.74) is 8.21. The van der Waals surface area contributed by atoms with Gasteiger partial charge in [-0.1, -0.05) is 12.1 Å². The number of carbonyl (C=O) groups is 1. The molecule has 0 radical (unpaired) electrons. The fourth-order valence-corrected chi connectivity index (χ4v) is 3.76. The Morgan fingerprint density at radius 1 is 1.30 bits per heavy atom. The molecule has 0 saturated carbocycles. The monoisotopic (exact) mass is 367 g/mol. The van der Waals surface area contributed by atoms with Gasteiger partial charge < -0.3 is 10.6 Å². The molecule has 1 aliphatic rings. The van der Waals surface area contributed by atoms with Gasteiger partial charge in [-0.3, -0.25) is 4.79 Å². The normalized spacial score (nSPS) is 17.0. The van der Waals surface area contributed by atoms with Gasteiger partial charge in [-0.25, -0.2) is 14.1 Å². The molecular weight excluding hydrogens is 345 g/mol. The summed E-state index contributed by atoms with van der Waals surface area (Å²) < 4.78 is 15.2. The van der Waals surface area contributed by atoms with Crippen LogP contribution in [0.1, 0.15) is 23.6 Å². The third-order valence-corrected chi connectivity index (χ3v) is 5.05. The Bertz CT molecular complexity index is 970. The van der Waals surface area contributed by atoms with Gasteiger partial charge in [0.05, 0.1) is 18.7 Å². The Labute approximate surface area is 156 Å². The lowest BCUT2D eigenvalue weighted by molar-refractivity contribution is -0.129. The molecule has 1 aromatic carbocycles. The number of hydrogen-bond acceptors (Lipinski definition) is 4. The van der Waals surface area contributed by atoms with E-state index in [-0.39, 0.29) is 24.1 Å². The number of pyridine rings is 1. The number of likely N-dealkylation sites (tertiary alicyclic amines) is 1. The highest BCUT2D eigenvalue weighted by atomic mass is 19.1. The van der Waals surface area contributed by atoms with Crippen molar-refractivity contribution in [3.8, 4) is 0 Å². The van der Waals surface area contributed by atoms with Crippen molar-refractivity contribution in [2.24, 2.45) is 5.73 Å².